The van der Waals surface area contributed by atoms with Gasteiger partial charge in [-0.3, -0.25) is 19.2 Å². The average molecular weight is 315 g/mol. The molecular weight excluding hydrogens is 294 g/mol. The molecule has 0 bridgehead atoms. The summed E-state index contributed by atoms with van der Waals surface area (Å²) < 4.78 is 9.44. The zero-order valence-electron chi connectivity index (χ0n) is 12.9. The summed E-state index contributed by atoms with van der Waals surface area (Å²) in [5.74, 6) is -5.95. The molecule has 0 aromatic rings. The van der Waals surface area contributed by atoms with Crippen LogP contribution in [0.25, 0.3) is 0 Å². The van der Waals surface area contributed by atoms with Crippen LogP contribution in [0.2, 0.25) is 0 Å². The Hall–Kier alpha value is -2.12. The molecule has 0 saturated heterocycles. The van der Waals surface area contributed by atoms with E-state index in [1.165, 1.54) is 12.0 Å². The third-order valence-corrected chi connectivity index (χ3v) is 3.92. The van der Waals surface area contributed by atoms with E-state index in [1.54, 1.807) is 13.8 Å². The average Bonchev–Trinajstić information content (AvgIpc) is 2.44. The molecule has 1 rings (SSSR count). The number of rotatable bonds is 7. The lowest BCUT2D eigenvalue weighted by molar-refractivity contribution is -0.179. The van der Waals surface area contributed by atoms with Crippen LogP contribution in [0.4, 0.5) is 0 Å². The van der Waals surface area contributed by atoms with Crippen molar-refractivity contribution >= 4 is 23.8 Å². The fraction of sp³-hybridized carbons (Fsp3) is 0.714. The number of esters is 2. The Labute approximate surface area is 128 Å². The van der Waals surface area contributed by atoms with Crippen LogP contribution in [-0.4, -0.2) is 60.6 Å². The first-order chi connectivity index (χ1) is 10.4. The van der Waals surface area contributed by atoms with E-state index < -0.39 is 42.3 Å². The highest BCUT2D eigenvalue weighted by molar-refractivity contribution is 5.91. The van der Waals surface area contributed by atoms with Gasteiger partial charge in [0.1, 0.15) is 0 Å². The molecule has 1 aliphatic rings. The number of nitrogens with zero attached hydrogens (tertiary/aromatic N) is 1. The van der Waals surface area contributed by atoms with Gasteiger partial charge < -0.3 is 19.5 Å². The van der Waals surface area contributed by atoms with Gasteiger partial charge in [0, 0.05) is 13.1 Å². The first-order valence-electron chi connectivity index (χ1n) is 7.12. The van der Waals surface area contributed by atoms with Crippen molar-refractivity contribution < 1.29 is 33.8 Å². The number of methoxy groups -OCH3 is 1. The third kappa shape index (κ3) is 3.75. The lowest BCUT2D eigenvalue weighted by atomic mass is 9.64. The summed E-state index contributed by atoms with van der Waals surface area (Å²) in [6.45, 7) is 4.10. The van der Waals surface area contributed by atoms with E-state index in [9.17, 15) is 19.2 Å². The van der Waals surface area contributed by atoms with Crippen LogP contribution >= 0.6 is 0 Å². The van der Waals surface area contributed by atoms with Gasteiger partial charge in [-0.15, -0.1) is 0 Å². The molecule has 1 aliphatic carbocycles. The van der Waals surface area contributed by atoms with Crippen molar-refractivity contribution in [2.75, 3.05) is 26.8 Å². The number of carbonyl (C=O) groups is 4. The van der Waals surface area contributed by atoms with E-state index in [0.29, 0.717) is 13.1 Å². The van der Waals surface area contributed by atoms with E-state index in [0.717, 1.165) is 0 Å². The van der Waals surface area contributed by atoms with Crippen molar-refractivity contribution in [1.82, 2.24) is 4.90 Å². The quantitative estimate of drug-likeness (QED) is 0.653. The van der Waals surface area contributed by atoms with Crippen molar-refractivity contribution in [3.8, 4) is 0 Å². The van der Waals surface area contributed by atoms with Crippen molar-refractivity contribution in [2.45, 2.75) is 20.3 Å². The summed E-state index contributed by atoms with van der Waals surface area (Å²) in [7, 11) is 1.17. The maximum atomic E-state index is 12.0. The molecule has 0 aromatic heterocycles. The van der Waals surface area contributed by atoms with E-state index in [2.05, 4.69) is 4.74 Å². The molecule has 8 nitrogen and oxygen atoms in total. The largest absolute Gasteiger partial charge is 0.481 e. The topological polar surface area (TPSA) is 110 Å². The number of hydrogen-bond donors (Lipinski definition) is 1. The number of ether oxygens (including phenoxy) is 2. The summed E-state index contributed by atoms with van der Waals surface area (Å²) in [5, 5.41) is 9.03. The van der Waals surface area contributed by atoms with Crippen LogP contribution in [-0.2, 0) is 28.7 Å². The molecule has 8 heteroatoms. The number of likely N-dealkylation sites (N-methyl/N-ethyl adjacent to an activating group) is 1. The molecule has 1 fully saturated rings. The fourth-order valence-electron chi connectivity index (χ4n) is 2.53. The number of carbonyl (C=O) groups excluding carboxylic acids is 3. The van der Waals surface area contributed by atoms with E-state index in [1.807, 2.05) is 0 Å². The number of amides is 1. The van der Waals surface area contributed by atoms with Crippen LogP contribution < -0.4 is 0 Å². The van der Waals surface area contributed by atoms with Crippen LogP contribution in [0.1, 0.15) is 20.3 Å². The Morgan fingerprint density at radius 1 is 1.09 bits per heavy atom. The Morgan fingerprint density at radius 2 is 1.68 bits per heavy atom. The Balaban J connectivity index is 2.66. The van der Waals surface area contributed by atoms with Gasteiger partial charge in [-0.2, -0.15) is 0 Å². The molecule has 0 radical (unpaired) electrons. The molecule has 0 aromatic carbocycles. The second kappa shape index (κ2) is 7.77. The Bertz CT molecular complexity index is 458. The summed E-state index contributed by atoms with van der Waals surface area (Å²) in [5.41, 5.74) is 0. The minimum atomic E-state index is -1.17. The predicted molar refractivity (Wildman–Crippen MR) is 73.6 cm³/mol. The maximum Gasteiger partial charge on any atom is 0.311 e. The number of carboxylic acids is 1. The summed E-state index contributed by atoms with van der Waals surface area (Å²) in [6.07, 6.45) is 0.0335. The summed E-state index contributed by atoms with van der Waals surface area (Å²) >= 11 is 0. The van der Waals surface area contributed by atoms with Gasteiger partial charge in [0.25, 0.3) is 5.91 Å². The van der Waals surface area contributed by atoms with Crippen molar-refractivity contribution in [1.29, 1.82) is 0 Å². The zero-order valence-corrected chi connectivity index (χ0v) is 12.9. The van der Waals surface area contributed by atoms with E-state index >= 15 is 0 Å². The second-order valence-electron chi connectivity index (χ2n) is 5.01. The lowest BCUT2D eigenvalue weighted by Gasteiger charge is -2.38. The number of hydrogen-bond acceptors (Lipinski definition) is 6. The van der Waals surface area contributed by atoms with Crippen molar-refractivity contribution in [2.24, 2.45) is 17.8 Å². The molecule has 22 heavy (non-hydrogen) atoms. The zero-order chi connectivity index (χ0) is 16.9. The predicted octanol–water partition coefficient (Wildman–Crippen LogP) is -0.0921. The Kier molecular flexibility index (Phi) is 6.33. The minimum Gasteiger partial charge on any atom is -0.481 e. The molecule has 0 aliphatic heterocycles. The standard InChI is InChI=1S/C14H21NO7/c1-4-15(5-2)10(16)7-22-14(20)11-8(12(17)18)6-9(11)13(19)21-3/h8-9,11H,4-7H2,1-3H3,(H,17,18). The summed E-state index contributed by atoms with van der Waals surface area (Å²) in [6, 6.07) is 0. The van der Waals surface area contributed by atoms with Gasteiger partial charge in [0.2, 0.25) is 0 Å². The van der Waals surface area contributed by atoms with Gasteiger partial charge in [0.05, 0.1) is 24.9 Å². The van der Waals surface area contributed by atoms with Crippen LogP contribution in [0.5, 0.6) is 0 Å². The summed E-state index contributed by atoms with van der Waals surface area (Å²) in [4.78, 5) is 47.8. The Morgan fingerprint density at radius 3 is 2.14 bits per heavy atom. The molecule has 0 heterocycles. The first kappa shape index (κ1) is 17.9. The SMILES string of the molecule is CCN(CC)C(=O)COC(=O)C1C(C(=O)O)CC1C(=O)OC. The van der Waals surface area contributed by atoms with Crippen molar-refractivity contribution in [3.63, 3.8) is 0 Å². The van der Waals surface area contributed by atoms with E-state index in [4.69, 9.17) is 9.84 Å². The highest BCUT2D eigenvalue weighted by atomic mass is 16.5. The van der Waals surface area contributed by atoms with Gasteiger partial charge >= 0.3 is 17.9 Å². The number of aliphatic carboxylic acids is 1. The molecule has 3 atom stereocenters. The number of carboxylic acid groups (broad SMARTS) is 1. The van der Waals surface area contributed by atoms with Gasteiger partial charge in [-0.25, -0.2) is 0 Å². The molecule has 124 valence electrons. The fourth-order valence-corrected chi connectivity index (χ4v) is 2.53. The van der Waals surface area contributed by atoms with Crippen LogP contribution in [0.3, 0.4) is 0 Å². The maximum absolute atomic E-state index is 12.0. The van der Waals surface area contributed by atoms with Crippen LogP contribution in [0, 0.1) is 17.8 Å². The molecule has 1 amide bonds. The monoisotopic (exact) mass is 315 g/mol. The molecular formula is C14H21NO7. The van der Waals surface area contributed by atoms with Crippen molar-refractivity contribution in [3.05, 3.63) is 0 Å². The second-order valence-corrected chi connectivity index (χ2v) is 5.01. The highest BCUT2D eigenvalue weighted by Gasteiger charge is 2.54. The lowest BCUT2D eigenvalue weighted by Crippen LogP contribution is -2.51. The van der Waals surface area contributed by atoms with Crippen LogP contribution in [0.15, 0.2) is 0 Å². The highest BCUT2D eigenvalue weighted by Crippen LogP contribution is 2.42. The smallest absolute Gasteiger partial charge is 0.311 e. The van der Waals surface area contributed by atoms with Gasteiger partial charge in [0.15, 0.2) is 6.61 Å². The first-order valence-corrected chi connectivity index (χ1v) is 7.12. The molecule has 0 spiro atoms. The third-order valence-electron chi connectivity index (χ3n) is 3.92. The van der Waals surface area contributed by atoms with Gasteiger partial charge in [-0.1, -0.05) is 0 Å². The minimum absolute atomic E-state index is 0.0335. The molecule has 1 saturated carbocycles. The van der Waals surface area contributed by atoms with E-state index in [-0.39, 0.29) is 12.3 Å². The molecule has 3 unspecified atom stereocenters. The molecule has 1 N–H and O–H groups in total. The van der Waals surface area contributed by atoms with Gasteiger partial charge in [-0.05, 0) is 20.3 Å². The normalized spacial score (nSPS) is 23.1.